The second-order valence-corrected chi connectivity index (χ2v) is 9.16. The van der Waals surface area contributed by atoms with E-state index in [1.165, 1.54) is 22.2 Å². The molecule has 1 aliphatic rings. The minimum atomic E-state index is -0.0320. The van der Waals surface area contributed by atoms with Crippen molar-refractivity contribution < 1.29 is 9.21 Å². The van der Waals surface area contributed by atoms with Crippen LogP contribution in [0.15, 0.2) is 87.3 Å². The summed E-state index contributed by atoms with van der Waals surface area (Å²) < 4.78 is 5.80. The molecule has 0 radical (unpaired) electrons. The van der Waals surface area contributed by atoms with Crippen LogP contribution in [0, 0.1) is 0 Å². The zero-order valence-electron chi connectivity index (χ0n) is 16.2. The first-order valence-corrected chi connectivity index (χ1v) is 11.8. The number of rotatable bonds is 5. The summed E-state index contributed by atoms with van der Waals surface area (Å²) in [7, 11) is 0. The van der Waals surface area contributed by atoms with E-state index >= 15 is 0 Å². The summed E-state index contributed by atoms with van der Waals surface area (Å²) in [5.41, 5.74) is 4.51. The summed E-state index contributed by atoms with van der Waals surface area (Å²) in [5.74, 6) is 1.60. The van der Waals surface area contributed by atoms with E-state index in [-0.39, 0.29) is 11.9 Å². The number of carbonyl (C=O) groups is 1. The van der Waals surface area contributed by atoms with Crippen LogP contribution in [0.4, 0.5) is 0 Å². The van der Waals surface area contributed by atoms with Gasteiger partial charge < -0.3 is 9.73 Å². The monoisotopic (exact) mass is 432 g/mol. The number of thioether (sulfide) groups is 2. The fraction of sp³-hybridized carbons (Fsp3) is 0.167. The van der Waals surface area contributed by atoms with Gasteiger partial charge in [-0.2, -0.15) is 0 Å². The van der Waals surface area contributed by atoms with Crippen molar-refractivity contribution in [2.45, 2.75) is 28.3 Å². The molecule has 2 heterocycles. The van der Waals surface area contributed by atoms with Gasteiger partial charge in [-0.15, -0.1) is 11.8 Å². The van der Waals surface area contributed by atoms with Gasteiger partial charge in [-0.25, -0.2) is 4.98 Å². The number of hydrogen-bond donors (Lipinski definition) is 1. The van der Waals surface area contributed by atoms with Crippen molar-refractivity contribution in [2.24, 2.45) is 0 Å². The molecule has 1 atom stereocenters. The molecule has 0 fully saturated rings. The highest BCUT2D eigenvalue weighted by atomic mass is 32.2. The SMILES string of the molecule is O=C(NC1CCSc2ccccc21)c1ccccc1CSc1nc2ccccc2o1. The molecular weight excluding hydrogens is 412 g/mol. The number of carbonyl (C=O) groups excluding carboxylic acids is 1. The van der Waals surface area contributed by atoms with E-state index in [0.717, 1.165) is 28.8 Å². The van der Waals surface area contributed by atoms with Gasteiger partial charge in [0.1, 0.15) is 5.52 Å². The highest BCUT2D eigenvalue weighted by Crippen LogP contribution is 2.36. The number of oxazole rings is 1. The van der Waals surface area contributed by atoms with Gasteiger partial charge in [0, 0.05) is 22.0 Å². The molecule has 150 valence electrons. The van der Waals surface area contributed by atoms with Crippen LogP contribution in [-0.2, 0) is 5.75 Å². The fourth-order valence-corrected chi connectivity index (χ4v) is 5.62. The molecule has 4 aromatic rings. The van der Waals surface area contributed by atoms with E-state index < -0.39 is 0 Å². The second kappa shape index (κ2) is 8.58. The predicted molar refractivity (Wildman–Crippen MR) is 122 cm³/mol. The Bertz CT molecular complexity index is 1170. The lowest BCUT2D eigenvalue weighted by Gasteiger charge is -2.26. The Morgan fingerprint density at radius 2 is 1.87 bits per heavy atom. The summed E-state index contributed by atoms with van der Waals surface area (Å²) in [5, 5.41) is 3.87. The molecule has 30 heavy (non-hydrogen) atoms. The third kappa shape index (κ3) is 3.98. The molecule has 1 aliphatic heterocycles. The van der Waals surface area contributed by atoms with Gasteiger partial charge in [0.15, 0.2) is 5.58 Å². The average molecular weight is 433 g/mol. The van der Waals surface area contributed by atoms with E-state index in [0.29, 0.717) is 16.5 Å². The molecule has 5 rings (SSSR count). The minimum absolute atomic E-state index is 0.0320. The Morgan fingerprint density at radius 1 is 1.07 bits per heavy atom. The van der Waals surface area contributed by atoms with Crippen molar-refractivity contribution in [1.29, 1.82) is 0 Å². The Morgan fingerprint density at radius 3 is 2.80 bits per heavy atom. The van der Waals surface area contributed by atoms with Crippen molar-refractivity contribution >= 4 is 40.5 Å². The number of hydrogen-bond acceptors (Lipinski definition) is 5. The van der Waals surface area contributed by atoms with Gasteiger partial charge in [-0.3, -0.25) is 4.79 Å². The standard InChI is InChI=1S/C24H20N2O2S2/c27-23(25-19-13-14-29-22-12-6-3-9-18(19)22)17-8-2-1-7-16(17)15-30-24-26-20-10-4-5-11-21(20)28-24/h1-12,19H,13-15H2,(H,25,27). The van der Waals surface area contributed by atoms with Crippen LogP contribution in [-0.4, -0.2) is 16.6 Å². The number of aromatic nitrogens is 1. The van der Waals surface area contributed by atoms with E-state index in [1.807, 2.05) is 66.4 Å². The van der Waals surface area contributed by atoms with Crippen molar-refractivity contribution in [3.8, 4) is 0 Å². The lowest BCUT2D eigenvalue weighted by molar-refractivity contribution is 0.0934. The molecule has 0 saturated heterocycles. The fourth-order valence-electron chi connectivity index (χ4n) is 3.65. The van der Waals surface area contributed by atoms with Crippen LogP contribution in [0.3, 0.4) is 0 Å². The molecule has 6 heteroatoms. The van der Waals surface area contributed by atoms with E-state index in [1.54, 1.807) is 0 Å². The van der Waals surface area contributed by atoms with Crippen LogP contribution in [0.5, 0.6) is 0 Å². The molecule has 0 saturated carbocycles. The molecule has 0 bridgehead atoms. The second-order valence-electron chi connectivity index (χ2n) is 7.09. The maximum absolute atomic E-state index is 13.1. The highest BCUT2D eigenvalue weighted by Gasteiger charge is 2.23. The molecule has 1 unspecified atom stereocenters. The summed E-state index contributed by atoms with van der Waals surface area (Å²) in [4.78, 5) is 18.9. The van der Waals surface area contributed by atoms with Gasteiger partial charge in [0.05, 0.1) is 6.04 Å². The zero-order valence-corrected chi connectivity index (χ0v) is 17.8. The minimum Gasteiger partial charge on any atom is -0.431 e. The van der Waals surface area contributed by atoms with Crippen LogP contribution >= 0.6 is 23.5 Å². The first-order chi connectivity index (χ1) is 14.8. The summed E-state index contributed by atoms with van der Waals surface area (Å²) >= 11 is 3.36. The van der Waals surface area contributed by atoms with Crippen LogP contribution in [0.1, 0.15) is 33.9 Å². The van der Waals surface area contributed by atoms with E-state index in [2.05, 4.69) is 28.5 Å². The third-order valence-corrected chi connectivity index (χ3v) is 7.15. The molecule has 0 spiro atoms. The Labute approximate surface area is 183 Å². The quantitative estimate of drug-likeness (QED) is 0.387. The summed E-state index contributed by atoms with van der Waals surface area (Å²) in [6.07, 6.45) is 0.938. The Hall–Kier alpha value is -2.70. The first kappa shape index (κ1) is 19.3. The number of nitrogens with one attached hydrogen (secondary N) is 1. The van der Waals surface area contributed by atoms with E-state index in [4.69, 9.17) is 4.42 Å². The lowest BCUT2D eigenvalue weighted by Crippen LogP contribution is -2.31. The summed E-state index contributed by atoms with van der Waals surface area (Å²) in [6, 6.07) is 23.9. The van der Waals surface area contributed by atoms with Gasteiger partial charge in [0.2, 0.25) is 0 Å². The number of amides is 1. The maximum atomic E-state index is 13.1. The summed E-state index contributed by atoms with van der Waals surface area (Å²) in [6.45, 7) is 0. The Balaban J connectivity index is 1.32. The van der Waals surface area contributed by atoms with E-state index in [9.17, 15) is 4.79 Å². The van der Waals surface area contributed by atoms with Crippen molar-refractivity contribution in [1.82, 2.24) is 10.3 Å². The highest BCUT2D eigenvalue weighted by molar-refractivity contribution is 7.99. The molecule has 3 aromatic carbocycles. The average Bonchev–Trinajstić information content (AvgIpc) is 3.21. The predicted octanol–water partition coefficient (Wildman–Crippen LogP) is 6.09. The van der Waals surface area contributed by atoms with Crippen LogP contribution in [0.2, 0.25) is 0 Å². The van der Waals surface area contributed by atoms with Gasteiger partial charge in [-0.05, 0) is 41.8 Å². The normalized spacial score (nSPS) is 15.7. The molecule has 1 N–H and O–H groups in total. The van der Waals surface area contributed by atoms with Crippen LogP contribution < -0.4 is 5.32 Å². The molecule has 1 aromatic heterocycles. The topological polar surface area (TPSA) is 55.1 Å². The maximum Gasteiger partial charge on any atom is 0.257 e. The first-order valence-electron chi connectivity index (χ1n) is 9.87. The lowest BCUT2D eigenvalue weighted by atomic mass is 10.0. The number of nitrogens with zero attached hydrogens (tertiary/aromatic N) is 1. The van der Waals surface area contributed by atoms with Gasteiger partial charge in [0.25, 0.3) is 11.1 Å². The number of fused-ring (bicyclic) bond motifs is 2. The van der Waals surface area contributed by atoms with Crippen molar-refractivity contribution in [2.75, 3.05) is 5.75 Å². The Kier molecular flexibility index (Phi) is 5.51. The van der Waals surface area contributed by atoms with Crippen molar-refractivity contribution in [3.05, 3.63) is 89.5 Å². The van der Waals surface area contributed by atoms with Crippen LogP contribution in [0.25, 0.3) is 11.1 Å². The van der Waals surface area contributed by atoms with Crippen molar-refractivity contribution in [3.63, 3.8) is 0 Å². The number of para-hydroxylation sites is 2. The zero-order chi connectivity index (χ0) is 20.3. The molecule has 0 aliphatic carbocycles. The number of benzene rings is 3. The van der Waals surface area contributed by atoms with Gasteiger partial charge >= 0.3 is 0 Å². The molecule has 1 amide bonds. The molecule has 4 nitrogen and oxygen atoms in total. The molecular formula is C24H20N2O2S2. The largest absolute Gasteiger partial charge is 0.431 e. The van der Waals surface area contributed by atoms with Gasteiger partial charge in [-0.1, -0.05) is 60.3 Å². The smallest absolute Gasteiger partial charge is 0.257 e. The third-order valence-electron chi connectivity index (χ3n) is 5.15.